The number of amides is 1. The molecule has 16 heavy (non-hydrogen) atoms. The lowest BCUT2D eigenvalue weighted by atomic mass is 10.2. The summed E-state index contributed by atoms with van der Waals surface area (Å²) in [6, 6.07) is -0.0931. The summed E-state index contributed by atoms with van der Waals surface area (Å²) in [5, 5.41) is 2.91. The Morgan fingerprint density at radius 1 is 1.69 bits per heavy atom. The van der Waals surface area contributed by atoms with Crippen molar-refractivity contribution in [1.82, 2.24) is 10.2 Å². The molecule has 0 aromatic heterocycles. The van der Waals surface area contributed by atoms with Crippen LogP contribution in [0.3, 0.4) is 0 Å². The molecule has 0 radical (unpaired) electrons. The highest BCUT2D eigenvalue weighted by molar-refractivity contribution is 5.81. The molecule has 3 N–H and O–H groups in total. The third kappa shape index (κ3) is 3.73. The van der Waals surface area contributed by atoms with E-state index < -0.39 is 0 Å². The SMILES string of the molecule is CCCNC(=O)C(C)N1CCOC(CN)C1. The molecule has 94 valence electrons. The van der Waals surface area contributed by atoms with Crippen LogP contribution >= 0.6 is 0 Å². The van der Waals surface area contributed by atoms with Crippen LogP contribution in [0.5, 0.6) is 0 Å². The van der Waals surface area contributed by atoms with Gasteiger partial charge in [-0.3, -0.25) is 9.69 Å². The molecule has 1 aliphatic heterocycles. The number of nitrogens with zero attached hydrogens (tertiary/aromatic N) is 1. The number of ether oxygens (including phenoxy) is 1. The summed E-state index contributed by atoms with van der Waals surface area (Å²) in [4.78, 5) is 13.9. The number of carbonyl (C=O) groups excluding carboxylic acids is 1. The van der Waals surface area contributed by atoms with Crippen LogP contribution in [0.25, 0.3) is 0 Å². The maximum atomic E-state index is 11.8. The number of morpholine rings is 1. The van der Waals surface area contributed by atoms with Gasteiger partial charge in [-0.2, -0.15) is 0 Å². The molecule has 0 spiro atoms. The third-order valence-electron chi connectivity index (χ3n) is 2.91. The summed E-state index contributed by atoms with van der Waals surface area (Å²) in [5.41, 5.74) is 5.57. The molecule has 1 fully saturated rings. The third-order valence-corrected chi connectivity index (χ3v) is 2.91. The lowest BCUT2D eigenvalue weighted by Crippen LogP contribution is -2.53. The number of nitrogens with one attached hydrogen (secondary N) is 1. The number of rotatable bonds is 5. The van der Waals surface area contributed by atoms with Gasteiger partial charge in [0.1, 0.15) is 0 Å². The minimum atomic E-state index is -0.0931. The summed E-state index contributed by atoms with van der Waals surface area (Å²) < 4.78 is 5.47. The van der Waals surface area contributed by atoms with Gasteiger partial charge in [-0.15, -0.1) is 0 Å². The molecule has 2 unspecified atom stereocenters. The molecule has 5 heteroatoms. The van der Waals surface area contributed by atoms with E-state index in [1.54, 1.807) is 0 Å². The second kappa shape index (κ2) is 6.83. The average molecular weight is 229 g/mol. The predicted molar refractivity (Wildman–Crippen MR) is 63.1 cm³/mol. The number of nitrogens with two attached hydrogens (primary N) is 1. The Labute approximate surface area is 97.3 Å². The van der Waals surface area contributed by atoms with Crippen LogP contribution in [-0.2, 0) is 9.53 Å². The predicted octanol–water partition coefficient (Wildman–Crippen LogP) is -0.439. The fourth-order valence-electron chi connectivity index (χ4n) is 1.80. The quantitative estimate of drug-likeness (QED) is 0.671. The first-order valence-corrected chi connectivity index (χ1v) is 6.02. The van der Waals surface area contributed by atoms with E-state index in [1.807, 2.05) is 13.8 Å². The van der Waals surface area contributed by atoms with Crippen molar-refractivity contribution in [3.63, 3.8) is 0 Å². The van der Waals surface area contributed by atoms with Crippen molar-refractivity contribution in [2.75, 3.05) is 32.8 Å². The first-order chi connectivity index (χ1) is 7.69. The fourth-order valence-corrected chi connectivity index (χ4v) is 1.80. The molecule has 0 aliphatic carbocycles. The Morgan fingerprint density at radius 3 is 3.06 bits per heavy atom. The Balaban J connectivity index is 2.39. The molecule has 0 saturated carbocycles. The molecular weight excluding hydrogens is 206 g/mol. The topological polar surface area (TPSA) is 67.6 Å². The average Bonchev–Trinajstić information content (AvgIpc) is 2.35. The van der Waals surface area contributed by atoms with Crippen LogP contribution in [0.4, 0.5) is 0 Å². The van der Waals surface area contributed by atoms with E-state index in [0.29, 0.717) is 13.2 Å². The standard InChI is InChI=1S/C11H23N3O2/c1-3-4-13-11(15)9(2)14-5-6-16-10(7-12)8-14/h9-10H,3-8,12H2,1-2H3,(H,13,15). The van der Waals surface area contributed by atoms with Crippen molar-refractivity contribution < 1.29 is 9.53 Å². The van der Waals surface area contributed by atoms with Crippen molar-refractivity contribution in [3.8, 4) is 0 Å². The van der Waals surface area contributed by atoms with Crippen molar-refractivity contribution in [2.45, 2.75) is 32.4 Å². The van der Waals surface area contributed by atoms with Crippen molar-refractivity contribution in [1.29, 1.82) is 0 Å². The summed E-state index contributed by atoms with van der Waals surface area (Å²) >= 11 is 0. The van der Waals surface area contributed by atoms with Gasteiger partial charge in [-0.25, -0.2) is 0 Å². The van der Waals surface area contributed by atoms with Crippen LogP contribution in [0, 0.1) is 0 Å². The van der Waals surface area contributed by atoms with Gasteiger partial charge in [-0.05, 0) is 13.3 Å². The molecule has 0 aromatic carbocycles. The van der Waals surface area contributed by atoms with E-state index in [9.17, 15) is 4.79 Å². The highest BCUT2D eigenvalue weighted by Gasteiger charge is 2.26. The number of carbonyl (C=O) groups is 1. The summed E-state index contributed by atoms with van der Waals surface area (Å²) in [6.07, 6.45) is 1.03. The van der Waals surface area contributed by atoms with Gasteiger partial charge in [0.2, 0.25) is 5.91 Å². The minimum Gasteiger partial charge on any atom is -0.374 e. The molecule has 0 bridgehead atoms. The normalized spacial score (nSPS) is 24.1. The van der Waals surface area contributed by atoms with E-state index >= 15 is 0 Å². The lowest BCUT2D eigenvalue weighted by Gasteiger charge is -2.35. The highest BCUT2D eigenvalue weighted by Crippen LogP contribution is 2.08. The highest BCUT2D eigenvalue weighted by atomic mass is 16.5. The Hall–Kier alpha value is -0.650. The Kier molecular flexibility index (Phi) is 5.73. The Bertz CT molecular complexity index is 223. The molecule has 0 aromatic rings. The number of hydrogen-bond acceptors (Lipinski definition) is 4. The van der Waals surface area contributed by atoms with E-state index in [2.05, 4.69) is 10.2 Å². The molecule has 1 rings (SSSR count). The first-order valence-electron chi connectivity index (χ1n) is 6.02. The van der Waals surface area contributed by atoms with E-state index in [-0.39, 0.29) is 18.1 Å². The lowest BCUT2D eigenvalue weighted by molar-refractivity contribution is -0.128. The Morgan fingerprint density at radius 2 is 2.44 bits per heavy atom. The van der Waals surface area contributed by atoms with Crippen LogP contribution in [0.1, 0.15) is 20.3 Å². The van der Waals surface area contributed by atoms with Gasteiger partial charge in [-0.1, -0.05) is 6.92 Å². The molecule has 1 amide bonds. The van der Waals surface area contributed by atoms with Gasteiger partial charge in [0.25, 0.3) is 0 Å². The molecule has 1 heterocycles. The molecule has 2 atom stereocenters. The van der Waals surface area contributed by atoms with Gasteiger partial charge in [0, 0.05) is 26.2 Å². The second-order valence-electron chi connectivity index (χ2n) is 4.19. The fraction of sp³-hybridized carbons (Fsp3) is 0.909. The zero-order valence-corrected chi connectivity index (χ0v) is 10.2. The smallest absolute Gasteiger partial charge is 0.237 e. The summed E-state index contributed by atoms with van der Waals surface area (Å²) in [5.74, 6) is 0.0968. The zero-order chi connectivity index (χ0) is 12.0. The molecule has 1 aliphatic rings. The largest absolute Gasteiger partial charge is 0.374 e. The van der Waals surface area contributed by atoms with Gasteiger partial charge in [0.05, 0.1) is 18.8 Å². The van der Waals surface area contributed by atoms with Gasteiger partial charge >= 0.3 is 0 Å². The van der Waals surface area contributed by atoms with Gasteiger partial charge in [0.15, 0.2) is 0 Å². The van der Waals surface area contributed by atoms with Crippen molar-refractivity contribution in [3.05, 3.63) is 0 Å². The zero-order valence-electron chi connectivity index (χ0n) is 10.2. The van der Waals surface area contributed by atoms with Crippen LogP contribution < -0.4 is 11.1 Å². The maximum absolute atomic E-state index is 11.8. The van der Waals surface area contributed by atoms with Crippen LogP contribution in [0.2, 0.25) is 0 Å². The monoisotopic (exact) mass is 229 g/mol. The van der Waals surface area contributed by atoms with E-state index in [0.717, 1.165) is 26.1 Å². The molecular formula is C11H23N3O2. The van der Waals surface area contributed by atoms with Crippen molar-refractivity contribution >= 4 is 5.91 Å². The summed E-state index contributed by atoms with van der Waals surface area (Å²) in [6.45, 7) is 7.45. The van der Waals surface area contributed by atoms with Crippen molar-refractivity contribution in [2.24, 2.45) is 5.73 Å². The molecule has 1 saturated heterocycles. The first kappa shape index (κ1) is 13.4. The van der Waals surface area contributed by atoms with E-state index in [4.69, 9.17) is 10.5 Å². The van der Waals surface area contributed by atoms with Crippen LogP contribution in [0.15, 0.2) is 0 Å². The maximum Gasteiger partial charge on any atom is 0.237 e. The van der Waals surface area contributed by atoms with E-state index in [1.165, 1.54) is 0 Å². The number of hydrogen-bond donors (Lipinski definition) is 2. The summed E-state index contributed by atoms with van der Waals surface area (Å²) in [7, 11) is 0. The van der Waals surface area contributed by atoms with Gasteiger partial charge < -0.3 is 15.8 Å². The minimum absolute atomic E-state index is 0.0650. The molecule has 5 nitrogen and oxygen atoms in total. The van der Waals surface area contributed by atoms with Crippen LogP contribution in [-0.4, -0.2) is 55.7 Å². The second-order valence-corrected chi connectivity index (χ2v) is 4.19.